The summed E-state index contributed by atoms with van der Waals surface area (Å²) in [4.78, 5) is 17.6. The van der Waals surface area contributed by atoms with Crippen molar-refractivity contribution in [2.75, 3.05) is 26.4 Å². The second-order valence-corrected chi connectivity index (χ2v) is 4.38. The number of methoxy groups -OCH3 is 1. The van der Waals surface area contributed by atoms with Gasteiger partial charge in [-0.2, -0.15) is 0 Å². The van der Waals surface area contributed by atoms with Gasteiger partial charge in [-0.25, -0.2) is 9.78 Å². The van der Waals surface area contributed by atoms with Gasteiger partial charge in [0.2, 0.25) is 0 Å². The SMILES string of the molecule is COC(=O)c1ncn(CCN(C)C2CC2)c1N. The first-order chi connectivity index (χ1) is 8.13. The number of esters is 1. The van der Waals surface area contributed by atoms with Crippen LogP contribution in [0.5, 0.6) is 0 Å². The van der Waals surface area contributed by atoms with Crippen molar-refractivity contribution in [3.8, 4) is 0 Å². The van der Waals surface area contributed by atoms with E-state index in [1.807, 2.05) is 0 Å². The minimum absolute atomic E-state index is 0.196. The third kappa shape index (κ3) is 2.58. The molecular weight excluding hydrogens is 220 g/mol. The van der Waals surface area contributed by atoms with Gasteiger partial charge in [-0.3, -0.25) is 0 Å². The number of carbonyl (C=O) groups excluding carboxylic acids is 1. The Morgan fingerprint density at radius 1 is 1.71 bits per heavy atom. The van der Waals surface area contributed by atoms with Gasteiger partial charge < -0.3 is 19.9 Å². The van der Waals surface area contributed by atoms with Crippen molar-refractivity contribution in [2.45, 2.75) is 25.4 Å². The molecule has 1 fully saturated rings. The molecule has 2 rings (SSSR count). The van der Waals surface area contributed by atoms with Crippen molar-refractivity contribution >= 4 is 11.8 Å². The van der Waals surface area contributed by atoms with E-state index < -0.39 is 5.97 Å². The fraction of sp³-hybridized carbons (Fsp3) is 0.636. The molecule has 0 amide bonds. The van der Waals surface area contributed by atoms with Crippen molar-refractivity contribution in [1.82, 2.24) is 14.5 Å². The van der Waals surface area contributed by atoms with Gasteiger partial charge in [0, 0.05) is 19.1 Å². The average molecular weight is 238 g/mol. The Morgan fingerprint density at radius 2 is 2.41 bits per heavy atom. The van der Waals surface area contributed by atoms with E-state index in [-0.39, 0.29) is 5.69 Å². The summed E-state index contributed by atoms with van der Waals surface area (Å²) in [5.74, 6) is -0.113. The van der Waals surface area contributed by atoms with E-state index >= 15 is 0 Å². The number of ether oxygens (including phenoxy) is 1. The molecule has 6 nitrogen and oxygen atoms in total. The average Bonchev–Trinajstić information content (AvgIpc) is 3.11. The molecule has 1 aromatic heterocycles. The number of hydrogen-bond acceptors (Lipinski definition) is 5. The van der Waals surface area contributed by atoms with Crippen LogP contribution in [0.1, 0.15) is 23.3 Å². The summed E-state index contributed by atoms with van der Waals surface area (Å²) in [6.45, 7) is 1.65. The van der Waals surface area contributed by atoms with Crippen molar-refractivity contribution in [3.05, 3.63) is 12.0 Å². The molecule has 17 heavy (non-hydrogen) atoms. The number of anilines is 1. The lowest BCUT2D eigenvalue weighted by Crippen LogP contribution is -2.25. The summed E-state index contributed by atoms with van der Waals surface area (Å²) in [6, 6.07) is 0.722. The lowest BCUT2D eigenvalue weighted by molar-refractivity contribution is 0.0596. The van der Waals surface area contributed by atoms with Crippen molar-refractivity contribution in [1.29, 1.82) is 0 Å². The summed E-state index contributed by atoms with van der Waals surface area (Å²) in [6.07, 6.45) is 4.15. The summed E-state index contributed by atoms with van der Waals surface area (Å²) in [5, 5.41) is 0. The quantitative estimate of drug-likeness (QED) is 0.749. The van der Waals surface area contributed by atoms with Crippen LogP contribution in [0.2, 0.25) is 0 Å². The molecule has 1 aliphatic rings. The molecule has 0 atom stereocenters. The molecule has 0 spiro atoms. The molecule has 6 heteroatoms. The maximum atomic E-state index is 11.3. The summed E-state index contributed by atoms with van der Waals surface area (Å²) >= 11 is 0. The van der Waals surface area contributed by atoms with Crippen molar-refractivity contribution in [3.63, 3.8) is 0 Å². The Hall–Kier alpha value is -1.56. The molecule has 1 aromatic rings. The molecule has 0 bridgehead atoms. The molecule has 94 valence electrons. The smallest absolute Gasteiger partial charge is 0.360 e. The second kappa shape index (κ2) is 4.75. The minimum Gasteiger partial charge on any atom is -0.464 e. The molecule has 1 saturated carbocycles. The number of nitrogen functional groups attached to an aromatic ring is 1. The maximum Gasteiger partial charge on any atom is 0.360 e. The molecule has 0 unspecified atom stereocenters. The normalized spacial score (nSPS) is 15.2. The number of likely N-dealkylation sites (N-methyl/N-ethyl adjacent to an activating group) is 1. The van der Waals surface area contributed by atoms with Crippen molar-refractivity contribution < 1.29 is 9.53 Å². The van der Waals surface area contributed by atoms with Crippen LogP contribution in [0.25, 0.3) is 0 Å². The zero-order chi connectivity index (χ0) is 12.4. The number of rotatable bonds is 5. The summed E-state index contributed by atoms with van der Waals surface area (Å²) in [5.41, 5.74) is 6.03. The number of carbonyl (C=O) groups is 1. The standard InChI is InChI=1S/C11H18N4O2/c1-14(8-3-4-8)5-6-15-7-13-9(10(15)12)11(16)17-2/h7-8H,3-6,12H2,1-2H3. The third-order valence-corrected chi connectivity index (χ3v) is 3.12. The number of hydrogen-bond donors (Lipinski definition) is 1. The van der Waals surface area contributed by atoms with E-state index in [9.17, 15) is 4.79 Å². The molecule has 0 aromatic carbocycles. The van der Waals surface area contributed by atoms with E-state index in [2.05, 4.69) is 21.7 Å². The van der Waals surface area contributed by atoms with Crippen LogP contribution in [0, 0.1) is 0 Å². The van der Waals surface area contributed by atoms with Gasteiger partial charge in [0.15, 0.2) is 5.69 Å². The topological polar surface area (TPSA) is 73.4 Å². The van der Waals surface area contributed by atoms with Crippen LogP contribution in [0.3, 0.4) is 0 Å². The first kappa shape index (κ1) is 11.9. The number of nitrogens with zero attached hydrogens (tertiary/aromatic N) is 3. The van der Waals surface area contributed by atoms with Gasteiger partial charge in [-0.05, 0) is 19.9 Å². The highest BCUT2D eigenvalue weighted by Gasteiger charge is 2.25. The number of imidazole rings is 1. The molecule has 0 aliphatic heterocycles. The monoisotopic (exact) mass is 238 g/mol. The molecule has 0 radical (unpaired) electrons. The number of nitrogens with two attached hydrogens (primary N) is 1. The number of aromatic nitrogens is 2. The summed E-state index contributed by atoms with van der Waals surface area (Å²) < 4.78 is 6.38. The highest BCUT2D eigenvalue weighted by atomic mass is 16.5. The van der Waals surface area contributed by atoms with Gasteiger partial charge in [-0.15, -0.1) is 0 Å². The van der Waals surface area contributed by atoms with Crippen LogP contribution in [-0.4, -0.2) is 47.2 Å². The van der Waals surface area contributed by atoms with Crippen LogP contribution >= 0.6 is 0 Å². The molecule has 1 aliphatic carbocycles. The maximum absolute atomic E-state index is 11.3. The van der Waals surface area contributed by atoms with Crippen LogP contribution in [0.4, 0.5) is 5.82 Å². The fourth-order valence-corrected chi connectivity index (χ4v) is 1.79. The van der Waals surface area contributed by atoms with Crippen LogP contribution in [-0.2, 0) is 11.3 Å². The lowest BCUT2D eigenvalue weighted by Gasteiger charge is -2.16. The van der Waals surface area contributed by atoms with E-state index in [0.717, 1.165) is 19.1 Å². The van der Waals surface area contributed by atoms with Gasteiger partial charge in [-0.1, -0.05) is 0 Å². The van der Waals surface area contributed by atoms with Gasteiger partial charge in [0.1, 0.15) is 5.82 Å². The second-order valence-electron chi connectivity index (χ2n) is 4.38. The van der Waals surface area contributed by atoms with E-state index in [4.69, 9.17) is 5.73 Å². The van der Waals surface area contributed by atoms with E-state index in [1.54, 1.807) is 10.9 Å². The Bertz CT molecular complexity index is 412. The van der Waals surface area contributed by atoms with Crippen LogP contribution < -0.4 is 5.73 Å². The first-order valence-electron chi connectivity index (χ1n) is 5.72. The Labute approximate surface area is 100 Å². The minimum atomic E-state index is -0.489. The van der Waals surface area contributed by atoms with E-state index in [0.29, 0.717) is 5.82 Å². The first-order valence-corrected chi connectivity index (χ1v) is 5.72. The molecular formula is C11H18N4O2. The lowest BCUT2D eigenvalue weighted by atomic mass is 10.4. The highest BCUT2D eigenvalue weighted by Crippen LogP contribution is 2.25. The van der Waals surface area contributed by atoms with Gasteiger partial charge in [0.05, 0.1) is 13.4 Å². The third-order valence-electron chi connectivity index (χ3n) is 3.12. The zero-order valence-corrected chi connectivity index (χ0v) is 10.2. The Kier molecular flexibility index (Phi) is 3.33. The molecule has 0 saturated heterocycles. The van der Waals surface area contributed by atoms with Crippen molar-refractivity contribution in [2.24, 2.45) is 0 Å². The largest absolute Gasteiger partial charge is 0.464 e. The Balaban J connectivity index is 1.96. The van der Waals surface area contributed by atoms with Crippen LogP contribution in [0.15, 0.2) is 6.33 Å². The predicted octanol–water partition coefficient (Wildman–Crippen LogP) is 0.346. The molecule has 2 N–H and O–H groups in total. The molecule has 1 heterocycles. The zero-order valence-electron chi connectivity index (χ0n) is 10.2. The predicted molar refractivity (Wildman–Crippen MR) is 63.6 cm³/mol. The summed E-state index contributed by atoms with van der Waals surface area (Å²) in [7, 11) is 3.42. The highest BCUT2D eigenvalue weighted by molar-refractivity contribution is 5.91. The Morgan fingerprint density at radius 3 is 3.00 bits per heavy atom. The van der Waals surface area contributed by atoms with E-state index in [1.165, 1.54) is 20.0 Å². The van der Waals surface area contributed by atoms with Gasteiger partial charge >= 0.3 is 5.97 Å². The van der Waals surface area contributed by atoms with Gasteiger partial charge in [0.25, 0.3) is 0 Å². The fourth-order valence-electron chi connectivity index (χ4n) is 1.79.